The van der Waals surface area contributed by atoms with E-state index in [1.807, 2.05) is 0 Å². The SMILES string of the molecule is Nc1oc(-c2cccs2)c(O)c1-c1cc(Cl)cc(C(F)(F)F)c1. The predicted octanol–water partition coefficient (Wildman–Crippen LogP) is 5.64. The Labute approximate surface area is 137 Å². The summed E-state index contributed by atoms with van der Waals surface area (Å²) in [5.41, 5.74) is 4.83. The Morgan fingerprint density at radius 2 is 1.96 bits per heavy atom. The minimum Gasteiger partial charge on any atom is -0.504 e. The van der Waals surface area contributed by atoms with Gasteiger partial charge in [0.05, 0.1) is 16.0 Å². The fraction of sp³-hybridized carbons (Fsp3) is 0.0667. The number of thiophene rings is 1. The highest BCUT2D eigenvalue weighted by Gasteiger charge is 2.32. The van der Waals surface area contributed by atoms with Crippen LogP contribution < -0.4 is 5.73 Å². The molecular weight excluding hydrogens is 351 g/mol. The van der Waals surface area contributed by atoms with Gasteiger partial charge in [-0.05, 0) is 35.2 Å². The molecule has 0 aliphatic rings. The van der Waals surface area contributed by atoms with Crippen LogP contribution in [0.25, 0.3) is 21.8 Å². The van der Waals surface area contributed by atoms with Crippen LogP contribution in [0.5, 0.6) is 5.75 Å². The summed E-state index contributed by atoms with van der Waals surface area (Å²) in [5, 5.41) is 12.0. The number of hydrogen-bond donors (Lipinski definition) is 2. The number of hydrogen-bond acceptors (Lipinski definition) is 4. The minimum absolute atomic E-state index is 0.0126. The maximum Gasteiger partial charge on any atom is 0.416 e. The van der Waals surface area contributed by atoms with Gasteiger partial charge in [-0.15, -0.1) is 11.3 Å². The fourth-order valence-electron chi connectivity index (χ4n) is 2.19. The Balaban J connectivity index is 2.18. The summed E-state index contributed by atoms with van der Waals surface area (Å²) in [4.78, 5) is 0.610. The molecule has 0 saturated heterocycles. The summed E-state index contributed by atoms with van der Waals surface area (Å²) >= 11 is 7.07. The standard InChI is InChI=1S/C15H9ClF3NO2S/c16-9-5-7(4-8(6-9)15(17,18)19)11-12(21)13(22-14(11)20)10-2-1-3-23-10/h1-6,21H,20H2. The Kier molecular flexibility index (Phi) is 3.77. The van der Waals surface area contributed by atoms with Gasteiger partial charge in [-0.1, -0.05) is 17.7 Å². The zero-order chi connectivity index (χ0) is 16.8. The van der Waals surface area contributed by atoms with Crippen LogP contribution in [0.2, 0.25) is 5.02 Å². The third-order valence-corrected chi connectivity index (χ3v) is 4.26. The second-order valence-corrected chi connectivity index (χ2v) is 6.11. The van der Waals surface area contributed by atoms with E-state index >= 15 is 0 Å². The molecule has 0 fully saturated rings. The lowest BCUT2D eigenvalue weighted by Gasteiger charge is -2.09. The van der Waals surface area contributed by atoms with E-state index in [0.29, 0.717) is 4.88 Å². The normalized spacial score (nSPS) is 11.8. The number of nitrogens with two attached hydrogens (primary N) is 1. The van der Waals surface area contributed by atoms with Crippen LogP contribution in [0.4, 0.5) is 19.1 Å². The molecule has 0 aliphatic heterocycles. The van der Waals surface area contributed by atoms with Gasteiger partial charge >= 0.3 is 6.18 Å². The minimum atomic E-state index is -4.57. The quantitative estimate of drug-likeness (QED) is 0.623. The van der Waals surface area contributed by atoms with E-state index in [9.17, 15) is 18.3 Å². The van der Waals surface area contributed by atoms with Gasteiger partial charge in [0.2, 0.25) is 5.88 Å². The molecule has 0 amide bonds. The molecule has 0 atom stereocenters. The summed E-state index contributed by atoms with van der Waals surface area (Å²) < 4.78 is 44.1. The molecule has 0 saturated carbocycles. The van der Waals surface area contributed by atoms with E-state index in [0.717, 1.165) is 12.1 Å². The highest BCUT2D eigenvalue weighted by Crippen LogP contribution is 2.47. The lowest BCUT2D eigenvalue weighted by Crippen LogP contribution is -2.05. The molecule has 120 valence electrons. The Morgan fingerprint density at radius 1 is 1.22 bits per heavy atom. The largest absolute Gasteiger partial charge is 0.504 e. The van der Waals surface area contributed by atoms with Crippen LogP contribution in [-0.4, -0.2) is 5.11 Å². The molecule has 2 heterocycles. The highest BCUT2D eigenvalue weighted by atomic mass is 35.5. The van der Waals surface area contributed by atoms with Crippen molar-refractivity contribution in [2.45, 2.75) is 6.18 Å². The molecule has 0 bridgehead atoms. The van der Waals surface area contributed by atoms with Crippen LogP contribution in [0, 0.1) is 0 Å². The van der Waals surface area contributed by atoms with Crippen molar-refractivity contribution < 1.29 is 22.7 Å². The van der Waals surface area contributed by atoms with E-state index in [1.54, 1.807) is 17.5 Å². The number of alkyl halides is 3. The number of anilines is 1. The van der Waals surface area contributed by atoms with E-state index in [2.05, 4.69) is 0 Å². The van der Waals surface area contributed by atoms with Crippen LogP contribution in [-0.2, 0) is 6.18 Å². The molecule has 1 aromatic carbocycles. The number of benzene rings is 1. The van der Waals surface area contributed by atoms with E-state index < -0.39 is 11.7 Å². The molecule has 0 radical (unpaired) electrons. The molecule has 3 aromatic rings. The summed E-state index contributed by atoms with van der Waals surface area (Å²) in [6.45, 7) is 0. The highest BCUT2D eigenvalue weighted by molar-refractivity contribution is 7.13. The van der Waals surface area contributed by atoms with Gasteiger partial charge in [0, 0.05) is 5.02 Å². The van der Waals surface area contributed by atoms with E-state index in [-0.39, 0.29) is 33.5 Å². The van der Waals surface area contributed by atoms with Crippen molar-refractivity contribution in [2.24, 2.45) is 0 Å². The molecule has 3 N–H and O–H groups in total. The molecule has 3 nitrogen and oxygen atoms in total. The number of aromatic hydroxyl groups is 1. The second kappa shape index (κ2) is 5.50. The van der Waals surface area contributed by atoms with Crippen molar-refractivity contribution >= 4 is 28.8 Å². The van der Waals surface area contributed by atoms with Gasteiger partial charge in [-0.2, -0.15) is 13.2 Å². The van der Waals surface area contributed by atoms with Crippen LogP contribution in [0.15, 0.2) is 40.1 Å². The Hall–Kier alpha value is -2.12. The maximum atomic E-state index is 12.9. The van der Waals surface area contributed by atoms with Crippen LogP contribution >= 0.6 is 22.9 Å². The number of nitrogen functional groups attached to an aromatic ring is 1. The monoisotopic (exact) mass is 359 g/mol. The van der Waals surface area contributed by atoms with E-state index in [1.165, 1.54) is 17.4 Å². The average molecular weight is 360 g/mol. The summed E-state index contributed by atoms with van der Waals surface area (Å²) in [6, 6.07) is 6.41. The molecule has 23 heavy (non-hydrogen) atoms. The third kappa shape index (κ3) is 2.89. The molecular formula is C15H9ClF3NO2S. The molecule has 0 spiro atoms. The zero-order valence-corrected chi connectivity index (χ0v) is 12.9. The van der Waals surface area contributed by atoms with Gasteiger partial charge in [0.25, 0.3) is 0 Å². The lowest BCUT2D eigenvalue weighted by atomic mass is 10.0. The number of furan rings is 1. The van der Waals surface area contributed by atoms with Crippen molar-refractivity contribution in [3.8, 4) is 27.5 Å². The van der Waals surface area contributed by atoms with E-state index in [4.69, 9.17) is 21.8 Å². The third-order valence-electron chi connectivity index (χ3n) is 3.17. The Bertz CT molecular complexity index is 856. The average Bonchev–Trinajstić information content (AvgIpc) is 3.05. The molecule has 0 aliphatic carbocycles. The summed E-state index contributed by atoms with van der Waals surface area (Å²) in [6.07, 6.45) is -4.57. The fourth-order valence-corrected chi connectivity index (χ4v) is 3.13. The molecule has 2 aromatic heterocycles. The lowest BCUT2D eigenvalue weighted by molar-refractivity contribution is -0.137. The molecule has 0 unspecified atom stereocenters. The molecule has 3 rings (SSSR count). The number of halogens is 4. The summed E-state index contributed by atoms with van der Waals surface area (Å²) in [5.74, 6) is -0.386. The van der Waals surface area contributed by atoms with Gasteiger partial charge in [0.1, 0.15) is 0 Å². The second-order valence-electron chi connectivity index (χ2n) is 4.72. The van der Waals surface area contributed by atoms with Crippen molar-refractivity contribution in [1.29, 1.82) is 0 Å². The van der Waals surface area contributed by atoms with Crippen molar-refractivity contribution in [2.75, 3.05) is 5.73 Å². The van der Waals surface area contributed by atoms with Crippen molar-refractivity contribution in [3.63, 3.8) is 0 Å². The van der Waals surface area contributed by atoms with Gasteiger partial charge < -0.3 is 15.3 Å². The first-order valence-electron chi connectivity index (χ1n) is 6.30. The first kappa shape index (κ1) is 15.8. The summed E-state index contributed by atoms with van der Waals surface area (Å²) in [7, 11) is 0. The zero-order valence-electron chi connectivity index (χ0n) is 11.3. The topological polar surface area (TPSA) is 59.4 Å². The first-order valence-corrected chi connectivity index (χ1v) is 7.56. The van der Waals surface area contributed by atoms with Crippen LogP contribution in [0.3, 0.4) is 0 Å². The first-order chi connectivity index (χ1) is 10.8. The van der Waals surface area contributed by atoms with Crippen LogP contribution in [0.1, 0.15) is 5.56 Å². The Morgan fingerprint density at radius 3 is 2.57 bits per heavy atom. The maximum absolute atomic E-state index is 12.9. The van der Waals surface area contributed by atoms with Gasteiger partial charge in [-0.3, -0.25) is 0 Å². The van der Waals surface area contributed by atoms with Crippen molar-refractivity contribution in [3.05, 3.63) is 46.3 Å². The van der Waals surface area contributed by atoms with Gasteiger partial charge in [-0.25, -0.2) is 0 Å². The van der Waals surface area contributed by atoms with Gasteiger partial charge in [0.15, 0.2) is 11.5 Å². The predicted molar refractivity (Wildman–Crippen MR) is 83.5 cm³/mol. The van der Waals surface area contributed by atoms with Crippen molar-refractivity contribution in [1.82, 2.24) is 0 Å². The number of rotatable bonds is 2. The molecule has 8 heteroatoms. The smallest absolute Gasteiger partial charge is 0.416 e.